The first-order chi connectivity index (χ1) is 8.45. The summed E-state index contributed by atoms with van der Waals surface area (Å²) < 4.78 is 10.1. The Kier molecular flexibility index (Phi) is 5.55. The molecule has 1 aliphatic heterocycles. The summed E-state index contributed by atoms with van der Waals surface area (Å²) in [5, 5.41) is 5.90. The van der Waals surface area contributed by atoms with Gasteiger partial charge in [-0.1, -0.05) is 0 Å². The lowest BCUT2D eigenvalue weighted by Crippen LogP contribution is -2.44. The molecule has 1 atom stereocenters. The number of nitrogens with one attached hydrogen (secondary N) is 2. The third-order valence-corrected chi connectivity index (χ3v) is 2.88. The summed E-state index contributed by atoms with van der Waals surface area (Å²) in [6, 6.07) is 0. The maximum Gasteiger partial charge on any atom is 0.313 e. The second-order valence-corrected chi connectivity index (χ2v) is 5.05. The van der Waals surface area contributed by atoms with Gasteiger partial charge in [-0.3, -0.25) is 9.59 Å². The van der Waals surface area contributed by atoms with E-state index < -0.39 is 5.41 Å². The molecule has 1 amide bonds. The van der Waals surface area contributed by atoms with Crippen molar-refractivity contribution in [1.82, 2.24) is 10.6 Å². The first-order valence-electron chi connectivity index (χ1n) is 6.13. The van der Waals surface area contributed by atoms with E-state index in [1.54, 1.807) is 13.8 Å². The summed E-state index contributed by atoms with van der Waals surface area (Å²) in [7, 11) is 1.34. The van der Waals surface area contributed by atoms with Gasteiger partial charge in [0.25, 0.3) is 0 Å². The van der Waals surface area contributed by atoms with Gasteiger partial charge >= 0.3 is 5.97 Å². The fourth-order valence-corrected chi connectivity index (χ4v) is 1.70. The van der Waals surface area contributed by atoms with E-state index in [9.17, 15) is 9.59 Å². The number of amides is 1. The van der Waals surface area contributed by atoms with Gasteiger partial charge in [0.2, 0.25) is 5.91 Å². The summed E-state index contributed by atoms with van der Waals surface area (Å²) in [6.45, 7) is 5.88. The minimum absolute atomic E-state index is 0.0833. The zero-order chi connectivity index (χ0) is 13.6. The molecule has 1 unspecified atom stereocenters. The summed E-state index contributed by atoms with van der Waals surface area (Å²) in [5.41, 5.74) is -0.712. The van der Waals surface area contributed by atoms with E-state index >= 15 is 0 Å². The average Bonchev–Trinajstić information content (AvgIpc) is 2.36. The Hall–Kier alpha value is -1.14. The highest BCUT2D eigenvalue weighted by molar-refractivity contribution is 5.79. The number of carbonyl (C=O) groups is 2. The Balaban J connectivity index is 2.29. The van der Waals surface area contributed by atoms with Crippen molar-refractivity contribution in [3.63, 3.8) is 0 Å². The minimum atomic E-state index is -0.712. The Morgan fingerprint density at radius 2 is 2.22 bits per heavy atom. The molecule has 0 bridgehead atoms. The van der Waals surface area contributed by atoms with Gasteiger partial charge < -0.3 is 20.1 Å². The molecule has 6 nitrogen and oxygen atoms in total. The molecule has 0 aromatic rings. The van der Waals surface area contributed by atoms with Gasteiger partial charge in [-0.25, -0.2) is 0 Å². The van der Waals surface area contributed by atoms with E-state index in [0.29, 0.717) is 19.6 Å². The highest BCUT2D eigenvalue weighted by Gasteiger charge is 2.29. The highest BCUT2D eigenvalue weighted by Crippen LogP contribution is 2.15. The Morgan fingerprint density at radius 1 is 1.50 bits per heavy atom. The van der Waals surface area contributed by atoms with Gasteiger partial charge in [0.05, 0.1) is 31.7 Å². The molecule has 0 saturated carbocycles. The molecule has 1 rings (SSSR count). The molecule has 104 valence electrons. The fourth-order valence-electron chi connectivity index (χ4n) is 1.70. The van der Waals surface area contributed by atoms with Gasteiger partial charge in [-0.2, -0.15) is 0 Å². The number of carbonyl (C=O) groups excluding carboxylic acids is 2. The van der Waals surface area contributed by atoms with Crippen LogP contribution in [0.1, 0.15) is 20.3 Å². The van der Waals surface area contributed by atoms with Crippen LogP contribution in [0.4, 0.5) is 0 Å². The third-order valence-electron chi connectivity index (χ3n) is 2.88. The maximum absolute atomic E-state index is 11.7. The molecule has 18 heavy (non-hydrogen) atoms. The third kappa shape index (κ3) is 4.62. The molecule has 2 N–H and O–H groups in total. The number of esters is 1. The summed E-state index contributed by atoms with van der Waals surface area (Å²) in [4.78, 5) is 23.1. The van der Waals surface area contributed by atoms with E-state index in [1.807, 2.05) is 0 Å². The minimum Gasteiger partial charge on any atom is -0.469 e. The van der Waals surface area contributed by atoms with Crippen molar-refractivity contribution in [1.29, 1.82) is 0 Å². The van der Waals surface area contributed by atoms with E-state index in [2.05, 4.69) is 15.4 Å². The highest BCUT2D eigenvalue weighted by atomic mass is 16.5. The summed E-state index contributed by atoms with van der Waals surface area (Å²) in [5.74, 6) is -0.445. The summed E-state index contributed by atoms with van der Waals surface area (Å²) in [6.07, 6.45) is 0.226. The van der Waals surface area contributed by atoms with Crippen molar-refractivity contribution in [3.8, 4) is 0 Å². The number of rotatable bonds is 5. The average molecular weight is 258 g/mol. The van der Waals surface area contributed by atoms with Crippen LogP contribution >= 0.6 is 0 Å². The van der Waals surface area contributed by atoms with Crippen LogP contribution in [-0.4, -0.2) is 51.3 Å². The second kappa shape index (κ2) is 6.70. The smallest absolute Gasteiger partial charge is 0.313 e. The largest absolute Gasteiger partial charge is 0.469 e. The van der Waals surface area contributed by atoms with Crippen LogP contribution < -0.4 is 10.6 Å². The standard InChI is InChI=1S/C12H22N2O4/c1-12(2,11(16)17-3)8-14-10(15)6-9-7-13-4-5-18-9/h9,13H,4-8H2,1-3H3,(H,14,15). The lowest BCUT2D eigenvalue weighted by atomic mass is 9.93. The molecule has 1 aliphatic rings. The lowest BCUT2D eigenvalue weighted by Gasteiger charge is -2.25. The molecule has 1 saturated heterocycles. The zero-order valence-corrected chi connectivity index (χ0v) is 11.2. The number of hydrogen-bond acceptors (Lipinski definition) is 5. The van der Waals surface area contributed by atoms with E-state index in [1.165, 1.54) is 7.11 Å². The van der Waals surface area contributed by atoms with Gasteiger partial charge in [0, 0.05) is 19.6 Å². The molecule has 0 aromatic carbocycles. The first-order valence-corrected chi connectivity index (χ1v) is 6.13. The van der Waals surface area contributed by atoms with Crippen LogP contribution in [0.15, 0.2) is 0 Å². The van der Waals surface area contributed by atoms with E-state index in [4.69, 9.17) is 4.74 Å². The molecular weight excluding hydrogens is 236 g/mol. The number of hydrogen-bond donors (Lipinski definition) is 2. The first kappa shape index (κ1) is 14.9. The van der Waals surface area contributed by atoms with Crippen LogP contribution in [0.5, 0.6) is 0 Å². The number of morpholine rings is 1. The Labute approximate surface area is 107 Å². The molecular formula is C12H22N2O4. The van der Waals surface area contributed by atoms with Crippen LogP contribution in [-0.2, 0) is 19.1 Å². The normalized spacial score (nSPS) is 20.3. The van der Waals surface area contributed by atoms with Crippen LogP contribution in [0, 0.1) is 5.41 Å². The van der Waals surface area contributed by atoms with Gasteiger partial charge in [-0.05, 0) is 13.8 Å². The number of ether oxygens (including phenoxy) is 2. The molecule has 0 radical (unpaired) electrons. The summed E-state index contributed by atoms with van der Waals surface area (Å²) >= 11 is 0. The second-order valence-electron chi connectivity index (χ2n) is 5.05. The Morgan fingerprint density at radius 3 is 2.78 bits per heavy atom. The lowest BCUT2D eigenvalue weighted by molar-refractivity contribution is -0.150. The van der Waals surface area contributed by atoms with Crippen molar-refractivity contribution < 1.29 is 19.1 Å². The predicted octanol–water partition coefficient (Wildman–Crippen LogP) is -0.320. The molecule has 0 aliphatic carbocycles. The Bertz CT molecular complexity index is 298. The van der Waals surface area contributed by atoms with Crippen LogP contribution in [0.2, 0.25) is 0 Å². The van der Waals surface area contributed by atoms with Crippen molar-refractivity contribution in [2.24, 2.45) is 5.41 Å². The molecule has 0 spiro atoms. The van der Waals surface area contributed by atoms with Crippen LogP contribution in [0.3, 0.4) is 0 Å². The SMILES string of the molecule is COC(=O)C(C)(C)CNC(=O)CC1CNCCO1. The van der Waals surface area contributed by atoms with Gasteiger partial charge in [0.1, 0.15) is 0 Å². The van der Waals surface area contributed by atoms with E-state index in [-0.39, 0.29) is 24.5 Å². The van der Waals surface area contributed by atoms with E-state index in [0.717, 1.165) is 6.54 Å². The fraction of sp³-hybridized carbons (Fsp3) is 0.833. The molecule has 1 heterocycles. The topological polar surface area (TPSA) is 76.7 Å². The number of methoxy groups -OCH3 is 1. The quantitative estimate of drug-likeness (QED) is 0.661. The van der Waals surface area contributed by atoms with Crippen LogP contribution in [0.25, 0.3) is 0 Å². The predicted molar refractivity (Wildman–Crippen MR) is 66.0 cm³/mol. The van der Waals surface area contributed by atoms with Crippen molar-refractivity contribution in [2.45, 2.75) is 26.4 Å². The maximum atomic E-state index is 11.7. The van der Waals surface area contributed by atoms with Crippen molar-refractivity contribution in [3.05, 3.63) is 0 Å². The van der Waals surface area contributed by atoms with Crippen molar-refractivity contribution >= 4 is 11.9 Å². The molecule has 0 aromatic heterocycles. The zero-order valence-electron chi connectivity index (χ0n) is 11.2. The van der Waals surface area contributed by atoms with Gasteiger partial charge in [-0.15, -0.1) is 0 Å². The monoisotopic (exact) mass is 258 g/mol. The molecule has 6 heteroatoms. The van der Waals surface area contributed by atoms with Crippen molar-refractivity contribution in [2.75, 3.05) is 33.4 Å². The van der Waals surface area contributed by atoms with Gasteiger partial charge in [0.15, 0.2) is 0 Å². The molecule has 1 fully saturated rings.